The molecule has 0 aliphatic heterocycles. The molecule has 0 aromatic heterocycles. The quantitative estimate of drug-likeness (QED) is 0.670. The molecule has 0 rings (SSSR count). The second kappa shape index (κ2) is 6.85. The number of rotatable bonds is 7. The van der Waals surface area contributed by atoms with Crippen LogP contribution in [0.1, 0.15) is 13.8 Å². The molecule has 0 bridgehead atoms. The Morgan fingerprint density at radius 1 is 1.19 bits per heavy atom. The maximum atomic E-state index is 11.3. The Hall–Kier alpha value is 0.241. The van der Waals surface area contributed by atoms with Crippen LogP contribution in [0.4, 0.5) is 0 Å². The lowest BCUT2D eigenvalue weighted by atomic mass is 10.1. The molecule has 0 saturated heterocycles. The largest absolute Gasteiger partial charge is 0.439 e. The average Bonchev–Trinajstić information content (AvgIpc) is 1.98. The third-order valence-corrected chi connectivity index (χ3v) is 11.5. The minimum absolute atomic E-state index is 0.0668. The van der Waals surface area contributed by atoms with Crippen molar-refractivity contribution in [3.63, 3.8) is 0 Å². The fourth-order valence-corrected chi connectivity index (χ4v) is 12.7. The van der Waals surface area contributed by atoms with E-state index in [2.05, 4.69) is 32.7 Å². The molecule has 1 atom stereocenters. The average molecular weight is 279 g/mol. The van der Waals surface area contributed by atoms with Gasteiger partial charge in [0.2, 0.25) is 0 Å². The maximum absolute atomic E-state index is 11.3. The highest BCUT2D eigenvalue weighted by atomic mass is 28.5. The van der Waals surface area contributed by atoms with Gasteiger partial charge in [0.25, 0.3) is 0 Å². The molecule has 0 aliphatic carbocycles. The van der Waals surface area contributed by atoms with Crippen LogP contribution in [0.15, 0.2) is 0 Å². The van der Waals surface area contributed by atoms with Crippen molar-refractivity contribution >= 4 is 32.4 Å². The van der Waals surface area contributed by atoms with Crippen LogP contribution in [-0.2, 0) is 13.0 Å². The van der Waals surface area contributed by atoms with Gasteiger partial charge < -0.3 is 8.23 Å². The molecule has 3 nitrogen and oxygen atoms in total. The molecule has 0 heterocycles. The first-order chi connectivity index (χ1) is 7.16. The molecule has 0 fully saturated rings. The normalized spacial score (nSPS) is 14.6. The summed E-state index contributed by atoms with van der Waals surface area (Å²) in [7, 11) is -4.29. The van der Waals surface area contributed by atoms with Gasteiger partial charge in [-0.3, -0.25) is 4.79 Å². The second-order valence-corrected chi connectivity index (χ2v) is 13.9. The van der Waals surface area contributed by atoms with E-state index in [1.165, 1.54) is 0 Å². The Bertz CT molecular complexity index is 221. The van der Waals surface area contributed by atoms with E-state index in [9.17, 15) is 4.79 Å². The fourth-order valence-electron chi connectivity index (χ4n) is 1.82. The maximum Gasteiger partial charge on any atom is 0.314 e. The summed E-state index contributed by atoms with van der Waals surface area (Å²) in [6.45, 7) is 14.4. The number of hydrogen-bond acceptors (Lipinski definition) is 3. The highest BCUT2D eigenvalue weighted by Crippen LogP contribution is 2.22. The van der Waals surface area contributed by atoms with Crippen LogP contribution in [0, 0.1) is 5.92 Å². The van der Waals surface area contributed by atoms with Crippen molar-refractivity contribution in [2.75, 3.05) is 0 Å². The first-order valence-corrected chi connectivity index (χ1v) is 14.1. The molecule has 0 aliphatic rings. The highest BCUT2D eigenvalue weighted by molar-refractivity contribution is 6.79. The Balaban J connectivity index is 4.58. The monoisotopic (exact) mass is 278 g/mol. The molecule has 0 saturated carbocycles. The van der Waals surface area contributed by atoms with Crippen LogP contribution in [0.25, 0.3) is 0 Å². The minimum Gasteiger partial charge on any atom is -0.439 e. The summed E-state index contributed by atoms with van der Waals surface area (Å²) in [5.41, 5.74) is 0. The van der Waals surface area contributed by atoms with Gasteiger partial charge >= 0.3 is 8.56 Å². The van der Waals surface area contributed by atoms with Crippen molar-refractivity contribution in [3.05, 3.63) is 0 Å². The second-order valence-electron chi connectivity index (χ2n) is 5.18. The Labute approximate surface area is 104 Å². The van der Waals surface area contributed by atoms with Crippen molar-refractivity contribution in [3.8, 4) is 0 Å². The van der Waals surface area contributed by atoms with Crippen molar-refractivity contribution < 1.29 is 13.0 Å². The molecule has 0 N–H and O–H groups in total. The van der Waals surface area contributed by atoms with Gasteiger partial charge in [-0.2, -0.15) is 0 Å². The van der Waals surface area contributed by atoms with Gasteiger partial charge in [0, 0.05) is 5.92 Å². The van der Waals surface area contributed by atoms with E-state index in [1.807, 2.05) is 6.92 Å². The van der Waals surface area contributed by atoms with Gasteiger partial charge in [-0.25, -0.2) is 0 Å². The van der Waals surface area contributed by atoms with E-state index in [-0.39, 0.29) is 11.7 Å². The third kappa shape index (κ3) is 6.74. The number of ketones is 1. The fraction of sp³-hybridized carbons (Fsp3) is 0.900. The summed E-state index contributed by atoms with van der Waals surface area (Å²) in [5.74, 6) is 0.305. The molecule has 0 aromatic carbocycles. The standard InChI is InChI=1S/C10H26O3Si3/c1-9(10(2)11)8-16(7,12-14(3)4)13-15(5)6/h9,14-15H,8H2,1-7H3. The first kappa shape index (κ1) is 16.2. The summed E-state index contributed by atoms with van der Waals surface area (Å²) in [6.07, 6.45) is 0. The van der Waals surface area contributed by atoms with Gasteiger partial charge in [0.15, 0.2) is 18.1 Å². The minimum atomic E-state index is -2.10. The lowest BCUT2D eigenvalue weighted by Gasteiger charge is -2.33. The molecular weight excluding hydrogens is 252 g/mol. The number of carbonyl (C=O) groups is 1. The number of Topliss-reactive ketones (excluding diaryl/α,β-unsaturated/α-hetero) is 1. The van der Waals surface area contributed by atoms with E-state index in [0.29, 0.717) is 0 Å². The predicted octanol–water partition coefficient (Wildman–Crippen LogP) is 2.28. The number of hydrogen-bond donors (Lipinski definition) is 0. The number of carbonyl (C=O) groups excluding carboxylic acids is 1. The first-order valence-electron chi connectivity index (χ1n) is 6.02. The Kier molecular flexibility index (Phi) is 6.95. The van der Waals surface area contributed by atoms with E-state index >= 15 is 0 Å². The Morgan fingerprint density at radius 3 is 1.81 bits per heavy atom. The molecular formula is C10H26O3Si3. The van der Waals surface area contributed by atoms with Crippen LogP contribution >= 0.6 is 0 Å². The summed E-state index contributed by atoms with van der Waals surface area (Å²) >= 11 is 0. The Morgan fingerprint density at radius 2 is 1.56 bits per heavy atom. The lowest BCUT2D eigenvalue weighted by Crippen LogP contribution is -2.46. The van der Waals surface area contributed by atoms with Crippen molar-refractivity contribution in [2.24, 2.45) is 5.92 Å². The van der Waals surface area contributed by atoms with E-state index in [4.69, 9.17) is 8.23 Å². The van der Waals surface area contributed by atoms with Crippen LogP contribution in [-0.4, -0.2) is 32.4 Å². The smallest absolute Gasteiger partial charge is 0.314 e. The molecule has 0 amide bonds. The lowest BCUT2D eigenvalue weighted by molar-refractivity contribution is -0.119. The van der Waals surface area contributed by atoms with E-state index < -0.39 is 26.6 Å². The third-order valence-electron chi connectivity index (χ3n) is 2.34. The molecule has 0 radical (unpaired) electrons. The van der Waals surface area contributed by atoms with Crippen molar-refractivity contribution in [1.82, 2.24) is 0 Å². The zero-order chi connectivity index (χ0) is 12.9. The van der Waals surface area contributed by atoms with Crippen LogP contribution in [0.3, 0.4) is 0 Å². The molecule has 6 heteroatoms. The molecule has 0 spiro atoms. The van der Waals surface area contributed by atoms with Gasteiger partial charge in [-0.05, 0) is 45.7 Å². The molecule has 96 valence electrons. The molecule has 0 aromatic rings. The van der Waals surface area contributed by atoms with Gasteiger partial charge in [0.05, 0.1) is 0 Å². The topological polar surface area (TPSA) is 35.5 Å². The summed E-state index contributed by atoms with van der Waals surface area (Å²) < 4.78 is 12.2. The SMILES string of the molecule is CC(=O)C(C)C[Si](C)(O[SiH](C)C)O[SiH](C)C. The van der Waals surface area contributed by atoms with Gasteiger partial charge in [-0.1, -0.05) is 6.92 Å². The van der Waals surface area contributed by atoms with Gasteiger partial charge in [-0.15, -0.1) is 0 Å². The van der Waals surface area contributed by atoms with Crippen molar-refractivity contribution in [2.45, 2.75) is 52.6 Å². The van der Waals surface area contributed by atoms with E-state index in [1.54, 1.807) is 6.92 Å². The van der Waals surface area contributed by atoms with E-state index in [0.717, 1.165) is 6.04 Å². The van der Waals surface area contributed by atoms with Gasteiger partial charge in [0.1, 0.15) is 5.78 Å². The predicted molar refractivity (Wildman–Crippen MR) is 76.2 cm³/mol. The molecule has 16 heavy (non-hydrogen) atoms. The van der Waals surface area contributed by atoms with Crippen LogP contribution in [0.5, 0.6) is 0 Å². The van der Waals surface area contributed by atoms with Crippen molar-refractivity contribution in [1.29, 1.82) is 0 Å². The zero-order valence-electron chi connectivity index (χ0n) is 11.7. The zero-order valence-corrected chi connectivity index (χ0v) is 15.0. The molecule has 1 unspecified atom stereocenters. The summed E-state index contributed by atoms with van der Waals surface area (Å²) in [5, 5.41) is 0. The highest BCUT2D eigenvalue weighted by Gasteiger charge is 2.36. The van der Waals surface area contributed by atoms with Crippen LogP contribution < -0.4 is 0 Å². The summed E-state index contributed by atoms with van der Waals surface area (Å²) in [4.78, 5) is 11.3. The van der Waals surface area contributed by atoms with Crippen LogP contribution in [0.2, 0.25) is 38.8 Å². The summed E-state index contributed by atoms with van der Waals surface area (Å²) in [6, 6.07) is 0.804.